The van der Waals surface area contributed by atoms with E-state index in [1.165, 1.54) is 6.20 Å². The minimum Gasteiger partial charge on any atom is -0.236 e. The Kier molecular flexibility index (Phi) is 3.10. The number of fused-ring (bicyclic) bond motifs is 1. The summed E-state index contributed by atoms with van der Waals surface area (Å²) in [4.78, 5) is 8.80. The quantitative estimate of drug-likeness (QED) is 0.711. The van der Waals surface area contributed by atoms with Crippen LogP contribution in [0.4, 0.5) is 0 Å². The molecule has 0 aliphatic rings. The van der Waals surface area contributed by atoms with Crippen molar-refractivity contribution in [3.05, 3.63) is 52.9 Å². The summed E-state index contributed by atoms with van der Waals surface area (Å²) in [5, 5.41) is 0. The van der Waals surface area contributed by atoms with E-state index in [0.717, 1.165) is 3.97 Å². The van der Waals surface area contributed by atoms with Crippen LogP contribution in [0.1, 0.15) is 5.69 Å². The number of rotatable bonds is 2. The smallest absolute Gasteiger partial charge is 0.236 e. The van der Waals surface area contributed by atoms with Crippen LogP contribution in [0.3, 0.4) is 0 Å². The highest BCUT2D eigenvalue weighted by Crippen LogP contribution is 2.22. The summed E-state index contributed by atoms with van der Waals surface area (Å²) in [6, 6.07) is 9.89. The van der Waals surface area contributed by atoms with E-state index in [0.29, 0.717) is 21.5 Å². The van der Waals surface area contributed by atoms with Gasteiger partial charge >= 0.3 is 0 Å². The molecular formula is C13H10BrN3O2S. The molecule has 20 heavy (non-hydrogen) atoms. The summed E-state index contributed by atoms with van der Waals surface area (Å²) in [7, 11) is -3.65. The highest BCUT2D eigenvalue weighted by Gasteiger charge is 2.20. The van der Waals surface area contributed by atoms with Gasteiger partial charge in [0.05, 0.1) is 10.6 Å². The third-order valence-corrected chi connectivity index (χ3v) is 5.33. The van der Waals surface area contributed by atoms with E-state index in [2.05, 4.69) is 25.9 Å². The predicted molar refractivity (Wildman–Crippen MR) is 79.0 cm³/mol. The standard InChI is InChI=1S/C13H10BrN3O2S/c1-9-12(14)16-11-7-8-17(13(11)15-9)20(18,19)10-5-3-2-4-6-10/h2-8H,1H3. The van der Waals surface area contributed by atoms with Crippen LogP contribution in [-0.2, 0) is 10.0 Å². The molecule has 2 aromatic heterocycles. The van der Waals surface area contributed by atoms with E-state index in [-0.39, 0.29) is 4.90 Å². The van der Waals surface area contributed by atoms with Crippen molar-refractivity contribution in [2.45, 2.75) is 11.8 Å². The Hall–Kier alpha value is -1.73. The lowest BCUT2D eigenvalue weighted by Crippen LogP contribution is -2.12. The van der Waals surface area contributed by atoms with Gasteiger partial charge in [-0.3, -0.25) is 0 Å². The van der Waals surface area contributed by atoms with E-state index in [9.17, 15) is 8.42 Å². The molecule has 7 heteroatoms. The molecule has 2 heterocycles. The highest BCUT2D eigenvalue weighted by atomic mass is 79.9. The first-order chi connectivity index (χ1) is 9.50. The maximum Gasteiger partial charge on any atom is 0.269 e. The van der Waals surface area contributed by atoms with E-state index < -0.39 is 10.0 Å². The average molecular weight is 352 g/mol. The second kappa shape index (κ2) is 4.68. The normalized spacial score (nSPS) is 11.9. The van der Waals surface area contributed by atoms with Gasteiger partial charge in [0.25, 0.3) is 10.0 Å². The molecule has 0 fully saturated rings. The molecule has 0 saturated heterocycles. The molecular weight excluding hydrogens is 342 g/mol. The van der Waals surface area contributed by atoms with Gasteiger partial charge in [-0.25, -0.2) is 22.4 Å². The molecule has 3 rings (SSSR count). The Morgan fingerprint density at radius 1 is 1.10 bits per heavy atom. The van der Waals surface area contributed by atoms with Gasteiger partial charge in [0, 0.05) is 6.20 Å². The number of halogens is 1. The summed E-state index contributed by atoms with van der Waals surface area (Å²) < 4.78 is 26.9. The first kappa shape index (κ1) is 13.3. The van der Waals surface area contributed by atoms with Crippen molar-refractivity contribution in [3.8, 4) is 0 Å². The largest absolute Gasteiger partial charge is 0.269 e. The fourth-order valence-corrected chi connectivity index (χ4v) is 3.47. The molecule has 5 nitrogen and oxygen atoms in total. The summed E-state index contributed by atoms with van der Waals surface area (Å²) in [6.07, 6.45) is 1.47. The maximum atomic E-state index is 12.6. The summed E-state index contributed by atoms with van der Waals surface area (Å²) in [5.74, 6) is 0. The topological polar surface area (TPSA) is 64.8 Å². The minimum atomic E-state index is -3.65. The third kappa shape index (κ3) is 2.03. The third-order valence-electron chi connectivity index (χ3n) is 2.90. The zero-order valence-electron chi connectivity index (χ0n) is 10.5. The van der Waals surface area contributed by atoms with Crippen LogP contribution in [0.2, 0.25) is 0 Å². The number of aryl methyl sites for hydroxylation is 1. The molecule has 0 atom stereocenters. The maximum absolute atomic E-state index is 12.6. The number of hydrogen-bond donors (Lipinski definition) is 0. The van der Waals surface area contributed by atoms with Gasteiger partial charge in [-0.2, -0.15) is 0 Å². The van der Waals surface area contributed by atoms with Crippen molar-refractivity contribution in [3.63, 3.8) is 0 Å². The Morgan fingerprint density at radius 2 is 1.80 bits per heavy atom. The molecule has 0 aliphatic carbocycles. The molecule has 0 saturated carbocycles. The van der Waals surface area contributed by atoms with Crippen LogP contribution in [0.15, 0.2) is 52.1 Å². The number of aromatic nitrogens is 3. The lowest BCUT2D eigenvalue weighted by molar-refractivity contribution is 0.588. The Bertz CT molecular complexity index is 889. The van der Waals surface area contributed by atoms with Crippen LogP contribution in [0.5, 0.6) is 0 Å². The van der Waals surface area contributed by atoms with Crippen molar-refractivity contribution in [1.82, 2.24) is 13.9 Å². The molecule has 0 N–H and O–H groups in total. The van der Waals surface area contributed by atoms with E-state index >= 15 is 0 Å². The highest BCUT2D eigenvalue weighted by molar-refractivity contribution is 9.10. The summed E-state index contributed by atoms with van der Waals surface area (Å²) >= 11 is 3.29. The van der Waals surface area contributed by atoms with Crippen molar-refractivity contribution in [1.29, 1.82) is 0 Å². The second-order valence-electron chi connectivity index (χ2n) is 4.24. The van der Waals surface area contributed by atoms with Gasteiger partial charge < -0.3 is 0 Å². The van der Waals surface area contributed by atoms with Crippen LogP contribution >= 0.6 is 15.9 Å². The van der Waals surface area contributed by atoms with Crippen LogP contribution in [0, 0.1) is 6.92 Å². The molecule has 0 unspecified atom stereocenters. The average Bonchev–Trinajstić information content (AvgIpc) is 2.84. The van der Waals surface area contributed by atoms with Crippen molar-refractivity contribution < 1.29 is 8.42 Å². The van der Waals surface area contributed by atoms with Gasteiger partial charge in [-0.1, -0.05) is 18.2 Å². The minimum absolute atomic E-state index is 0.222. The van der Waals surface area contributed by atoms with Crippen LogP contribution < -0.4 is 0 Å². The van der Waals surface area contributed by atoms with Crippen LogP contribution in [0.25, 0.3) is 11.2 Å². The molecule has 0 radical (unpaired) electrons. The zero-order valence-corrected chi connectivity index (χ0v) is 12.9. The number of nitrogens with zero attached hydrogens (tertiary/aromatic N) is 3. The van der Waals surface area contributed by atoms with Crippen molar-refractivity contribution in [2.24, 2.45) is 0 Å². The Labute approximate surface area is 124 Å². The van der Waals surface area contributed by atoms with Gasteiger partial charge in [0.1, 0.15) is 10.1 Å². The van der Waals surface area contributed by atoms with E-state index in [1.54, 1.807) is 43.3 Å². The van der Waals surface area contributed by atoms with E-state index in [1.807, 2.05) is 0 Å². The lowest BCUT2D eigenvalue weighted by Gasteiger charge is -2.07. The first-order valence-electron chi connectivity index (χ1n) is 5.82. The second-order valence-corrected chi connectivity index (χ2v) is 6.80. The van der Waals surface area contributed by atoms with Gasteiger partial charge in [0.15, 0.2) is 5.65 Å². The summed E-state index contributed by atoms with van der Waals surface area (Å²) in [5.41, 5.74) is 1.50. The van der Waals surface area contributed by atoms with Crippen molar-refractivity contribution in [2.75, 3.05) is 0 Å². The molecule has 3 aromatic rings. The first-order valence-corrected chi connectivity index (χ1v) is 8.05. The Balaban J connectivity index is 2.28. The monoisotopic (exact) mass is 351 g/mol. The SMILES string of the molecule is Cc1nc2c(ccn2S(=O)(=O)c2ccccc2)nc1Br. The molecule has 102 valence electrons. The zero-order chi connectivity index (χ0) is 14.3. The van der Waals surface area contributed by atoms with Crippen LogP contribution in [-0.4, -0.2) is 22.4 Å². The number of benzene rings is 1. The molecule has 0 aliphatic heterocycles. The number of hydrogen-bond acceptors (Lipinski definition) is 4. The van der Waals surface area contributed by atoms with Gasteiger partial charge in [-0.05, 0) is 41.1 Å². The van der Waals surface area contributed by atoms with E-state index in [4.69, 9.17) is 0 Å². The molecule has 0 spiro atoms. The molecule has 1 aromatic carbocycles. The lowest BCUT2D eigenvalue weighted by atomic mass is 10.4. The van der Waals surface area contributed by atoms with Gasteiger partial charge in [-0.15, -0.1) is 0 Å². The predicted octanol–water partition coefficient (Wildman–Crippen LogP) is 2.74. The van der Waals surface area contributed by atoms with Gasteiger partial charge in [0.2, 0.25) is 0 Å². The van der Waals surface area contributed by atoms with Crippen molar-refractivity contribution >= 4 is 37.1 Å². The molecule has 0 bridgehead atoms. The fourth-order valence-electron chi connectivity index (χ4n) is 1.88. The summed E-state index contributed by atoms with van der Waals surface area (Å²) in [6.45, 7) is 1.77. The fraction of sp³-hybridized carbons (Fsp3) is 0.0769. The molecule has 0 amide bonds. The Morgan fingerprint density at radius 3 is 2.50 bits per heavy atom.